The second-order valence-corrected chi connectivity index (χ2v) is 5.63. The highest BCUT2D eigenvalue weighted by Gasteiger charge is 2.36. The van der Waals surface area contributed by atoms with Crippen LogP contribution in [-0.4, -0.2) is 31.7 Å². The quantitative estimate of drug-likeness (QED) is 0.873. The summed E-state index contributed by atoms with van der Waals surface area (Å²) in [5.41, 5.74) is 1.79. The number of aliphatic carboxylic acids is 1. The van der Waals surface area contributed by atoms with Crippen LogP contribution in [0.4, 0.5) is 5.82 Å². The number of carboxylic acid groups (broad SMARTS) is 1. The molecular weight excluding hydrogens is 256 g/mol. The highest BCUT2D eigenvalue weighted by atomic mass is 16.4. The SMILES string of the molecule is CC(C)c1cc2c(NC(C(=O)O)C3CC3)nccn2n1. The van der Waals surface area contributed by atoms with Gasteiger partial charge in [-0.05, 0) is 30.7 Å². The van der Waals surface area contributed by atoms with Gasteiger partial charge in [-0.3, -0.25) is 0 Å². The molecule has 0 spiro atoms. The average molecular weight is 274 g/mol. The van der Waals surface area contributed by atoms with E-state index in [2.05, 4.69) is 29.2 Å². The van der Waals surface area contributed by atoms with E-state index >= 15 is 0 Å². The molecule has 1 aliphatic carbocycles. The number of rotatable bonds is 5. The third-order valence-electron chi connectivity index (χ3n) is 3.65. The molecule has 106 valence electrons. The van der Waals surface area contributed by atoms with Crippen LogP contribution in [0.1, 0.15) is 38.3 Å². The largest absolute Gasteiger partial charge is 0.480 e. The van der Waals surface area contributed by atoms with Crippen LogP contribution in [0.5, 0.6) is 0 Å². The molecule has 0 saturated heterocycles. The smallest absolute Gasteiger partial charge is 0.326 e. The van der Waals surface area contributed by atoms with Gasteiger partial charge in [-0.25, -0.2) is 14.3 Å². The lowest BCUT2D eigenvalue weighted by atomic mass is 10.1. The number of hydrogen-bond acceptors (Lipinski definition) is 4. The van der Waals surface area contributed by atoms with Crippen molar-refractivity contribution in [3.05, 3.63) is 24.2 Å². The van der Waals surface area contributed by atoms with Crippen molar-refractivity contribution in [3.63, 3.8) is 0 Å². The van der Waals surface area contributed by atoms with Crippen LogP contribution in [-0.2, 0) is 4.79 Å². The van der Waals surface area contributed by atoms with Crippen LogP contribution in [0.25, 0.3) is 5.52 Å². The van der Waals surface area contributed by atoms with Crippen molar-refractivity contribution in [2.75, 3.05) is 5.32 Å². The Morgan fingerprint density at radius 3 is 2.85 bits per heavy atom. The molecule has 1 unspecified atom stereocenters. The minimum atomic E-state index is -0.820. The first kappa shape index (κ1) is 12.9. The molecule has 0 aromatic carbocycles. The molecule has 2 aromatic heterocycles. The Hall–Kier alpha value is -2.11. The Morgan fingerprint density at radius 1 is 1.50 bits per heavy atom. The van der Waals surface area contributed by atoms with Gasteiger partial charge in [-0.2, -0.15) is 5.10 Å². The molecule has 2 aromatic rings. The number of nitrogens with one attached hydrogen (secondary N) is 1. The second kappa shape index (κ2) is 4.77. The van der Waals surface area contributed by atoms with Crippen molar-refractivity contribution in [2.24, 2.45) is 5.92 Å². The second-order valence-electron chi connectivity index (χ2n) is 5.63. The zero-order valence-corrected chi connectivity index (χ0v) is 11.6. The summed E-state index contributed by atoms with van der Waals surface area (Å²) in [6.45, 7) is 4.15. The first-order valence-electron chi connectivity index (χ1n) is 6.90. The fourth-order valence-corrected chi connectivity index (χ4v) is 2.29. The van der Waals surface area contributed by atoms with Crippen LogP contribution >= 0.6 is 0 Å². The Balaban J connectivity index is 1.96. The Kier molecular flexibility index (Phi) is 3.08. The zero-order valence-electron chi connectivity index (χ0n) is 11.6. The molecule has 0 radical (unpaired) electrons. The van der Waals surface area contributed by atoms with Crippen molar-refractivity contribution in [1.29, 1.82) is 0 Å². The Bertz CT molecular complexity index is 646. The summed E-state index contributed by atoms with van der Waals surface area (Å²) in [5, 5.41) is 16.8. The lowest BCUT2D eigenvalue weighted by molar-refractivity contribution is -0.138. The molecule has 0 aliphatic heterocycles. The molecule has 1 fully saturated rings. The molecule has 20 heavy (non-hydrogen) atoms. The van der Waals surface area contributed by atoms with Gasteiger partial charge in [-0.1, -0.05) is 13.8 Å². The van der Waals surface area contributed by atoms with Crippen LogP contribution in [0, 0.1) is 5.92 Å². The molecular formula is C14H18N4O2. The van der Waals surface area contributed by atoms with Gasteiger partial charge in [0, 0.05) is 12.4 Å². The summed E-state index contributed by atoms with van der Waals surface area (Å²) in [6.07, 6.45) is 5.34. The van der Waals surface area contributed by atoms with E-state index in [0.717, 1.165) is 24.1 Å². The third kappa shape index (κ3) is 2.33. The van der Waals surface area contributed by atoms with E-state index < -0.39 is 12.0 Å². The maximum atomic E-state index is 11.3. The summed E-state index contributed by atoms with van der Waals surface area (Å²) in [6, 6.07) is 1.40. The lowest BCUT2D eigenvalue weighted by Gasteiger charge is -2.14. The highest BCUT2D eigenvalue weighted by Crippen LogP contribution is 2.34. The van der Waals surface area contributed by atoms with Crippen LogP contribution in [0.2, 0.25) is 0 Å². The maximum absolute atomic E-state index is 11.3. The summed E-state index contributed by atoms with van der Waals surface area (Å²) in [7, 11) is 0. The van der Waals surface area contributed by atoms with E-state index in [1.807, 2.05) is 6.07 Å². The van der Waals surface area contributed by atoms with Gasteiger partial charge < -0.3 is 10.4 Å². The van der Waals surface area contributed by atoms with E-state index in [9.17, 15) is 9.90 Å². The highest BCUT2D eigenvalue weighted by molar-refractivity contribution is 5.80. The average Bonchev–Trinajstić information content (AvgIpc) is 3.12. The first-order valence-corrected chi connectivity index (χ1v) is 6.90. The van der Waals surface area contributed by atoms with Gasteiger partial charge in [0.25, 0.3) is 0 Å². The fourth-order valence-electron chi connectivity index (χ4n) is 2.29. The van der Waals surface area contributed by atoms with Crippen molar-refractivity contribution >= 4 is 17.3 Å². The Labute approximate surface area is 116 Å². The standard InChI is InChI=1S/C14H18N4O2/c1-8(2)10-7-11-13(15-5-6-18(11)17-10)16-12(14(19)20)9-3-4-9/h5-9,12H,3-4H2,1-2H3,(H,15,16)(H,19,20). The van der Waals surface area contributed by atoms with E-state index in [1.54, 1.807) is 16.9 Å². The number of nitrogens with zero attached hydrogens (tertiary/aromatic N) is 3. The van der Waals surface area contributed by atoms with E-state index in [0.29, 0.717) is 11.7 Å². The van der Waals surface area contributed by atoms with Crippen molar-refractivity contribution in [2.45, 2.75) is 38.6 Å². The third-order valence-corrected chi connectivity index (χ3v) is 3.65. The predicted octanol–water partition coefficient (Wildman–Crippen LogP) is 2.13. The number of carboxylic acids is 1. The topological polar surface area (TPSA) is 79.5 Å². The first-order chi connectivity index (χ1) is 9.56. The van der Waals surface area contributed by atoms with Gasteiger partial charge >= 0.3 is 5.97 Å². The minimum Gasteiger partial charge on any atom is -0.480 e. The van der Waals surface area contributed by atoms with Crippen molar-refractivity contribution in [1.82, 2.24) is 14.6 Å². The predicted molar refractivity (Wildman–Crippen MR) is 74.8 cm³/mol. The lowest BCUT2D eigenvalue weighted by Crippen LogP contribution is -2.31. The number of fused-ring (bicyclic) bond motifs is 1. The minimum absolute atomic E-state index is 0.210. The van der Waals surface area contributed by atoms with Crippen molar-refractivity contribution < 1.29 is 9.90 Å². The van der Waals surface area contributed by atoms with Crippen LogP contribution < -0.4 is 5.32 Å². The summed E-state index contributed by atoms with van der Waals surface area (Å²) in [5.74, 6) is 0.301. The molecule has 2 heterocycles. The maximum Gasteiger partial charge on any atom is 0.326 e. The number of aromatic nitrogens is 3. The molecule has 1 atom stereocenters. The molecule has 0 bridgehead atoms. The van der Waals surface area contributed by atoms with Gasteiger partial charge in [0.1, 0.15) is 11.6 Å². The summed E-state index contributed by atoms with van der Waals surface area (Å²) >= 11 is 0. The van der Waals surface area contributed by atoms with Gasteiger partial charge in [0.15, 0.2) is 5.82 Å². The summed E-state index contributed by atoms with van der Waals surface area (Å²) < 4.78 is 1.75. The van der Waals surface area contributed by atoms with Crippen LogP contribution in [0.3, 0.4) is 0 Å². The van der Waals surface area contributed by atoms with Gasteiger partial charge in [0.05, 0.1) is 5.69 Å². The van der Waals surface area contributed by atoms with E-state index in [-0.39, 0.29) is 5.92 Å². The molecule has 0 amide bonds. The molecule has 6 heteroatoms. The zero-order chi connectivity index (χ0) is 14.3. The number of carbonyl (C=O) groups is 1. The normalized spacial score (nSPS) is 16.6. The monoisotopic (exact) mass is 274 g/mol. The van der Waals surface area contributed by atoms with E-state index in [1.165, 1.54) is 0 Å². The molecule has 2 N–H and O–H groups in total. The number of hydrogen-bond donors (Lipinski definition) is 2. The van der Waals surface area contributed by atoms with Gasteiger partial charge in [0.2, 0.25) is 0 Å². The Morgan fingerprint density at radius 2 is 2.25 bits per heavy atom. The summed E-state index contributed by atoms with van der Waals surface area (Å²) in [4.78, 5) is 15.6. The molecule has 3 rings (SSSR count). The molecule has 1 aliphatic rings. The van der Waals surface area contributed by atoms with Crippen molar-refractivity contribution in [3.8, 4) is 0 Å². The molecule has 6 nitrogen and oxygen atoms in total. The fraction of sp³-hybridized carbons (Fsp3) is 0.500. The van der Waals surface area contributed by atoms with Gasteiger partial charge in [-0.15, -0.1) is 0 Å². The molecule has 1 saturated carbocycles. The van der Waals surface area contributed by atoms with E-state index in [4.69, 9.17) is 0 Å². The van der Waals surface area contributed by atoms with Crippen LogP contribution in [0.15, 0.2) is 18.5 Å². The number of anilines is 1.